The van der Waals surface area contributed by atoms with Crippen molar-refractivity contribution in [3.05, 3.63) is 83.9 Å². The molecule has 0 aliphatic rings. The van der Waals surface area contributed by atoms with E-state index in [2.05, 4.69) is 20.9 Å². The third-order valence-corrected chi connectivity index (χ3v) is 3.86. The molecule has 3 aromatic rings. The zero-order chi connectivity index (χ0) is 19.9. The van der Waals surface area contributed by atoms with E-state index in [4.69, 9.17) is 5.73 Å². The fraction of sp³-hybridized carbons (Fsp3) is 0.0500. The molecule has 7 nitrogen and oxygen atoms in total. The maximum atomic E-state index is 12.8. The quantitative estimate of drug-likeness (QED) is 0.402. The summed E-state index contributed by atoms with van der Waals surface area (Å²) < 4.78 is 12.8. The Bertz CT molecular complexity index is 975. The highest BCUT2D eigenvalue weighted by Gasteiger charge is 2.08. The first-order chi connectivity index (χ1) is 13.5. The van der Waals surface area contributed by atoms with Gasteiger partial charge in [-0.25, -0.2) is 9.78 Å². The summed E-state index contributed by atoms with van der Waals surface area (Å²) >= 11 is 0. The molecular formula is C20H18FN5O2. The third kappa shape index (κ3) is 5.04. The van der Waals surface area contributed by atoms with Crippen molar-refractivity contribution < 1.29 is 14.0 Å². The van der Waals surface area contributed by atoms with E-state index in [1.54, 1.807) is 48.5 Å². The van der Waals surface area contributed by atoms with Crippen LogP contribution in [0.4, 0.5) is 26.2 Å². The van der Waals surface area contributed by atoms with Crippen LogP contribution in [0.1, 0.15) is 15.9 Å². The van der Waals surface area contributed by atoms with E-state index in [1.165, 1.54) is 18.3 Å². The molecule has 28 heavy (non-hydrogen) atoms. The van der Waals surface area contributed by atoms with Crippen molar-refractivity contribution in [1.82, 2.24) is 10.3 Å². The maximum Gasteiger partial charge on any atom is 0.319 e. The first-order valence-corrected chi connectivity index (χ1v) is 8.42. The number of carbonyl (C=O) groups excluding carboxylic acids is 2. The molecule has 0 saturated heterocycles. The van der Waals surface area contributed by atoms with Crippen LogP contribution in [-0.2, 0) is 6.54 Å². The molecule has 1 heterocycles. The summed E-state index contributed by atoms with van der Waals surface area (Å²) in [6.07, 6.45) is 1.35. The molecule has 0 atom stereocenters. The van der Waals surface area contributed by atoms with Gasteiger partial charge < -0.3 is 21.7 Å². The molecule has 0 aliphatic heterocycles. The Kier molecular flexibility index (Phi) is 5.81. The zero-order valence-corrected chi connectivity index (χ0v) is 14.8. The number of nitrogens with one attached hydrogen (secondary N) is 3. The van der Waals surface area contributed by atoms with Gasteiger partial charge in [-0.05, 0) is 48.0 Å². The van der Waals surface area contributed by atoms with Crippen LogP contribution >= 0.6 is 0 Å². The van der Waals surface area contributed by atoms with Crippen LogP contribution in [0.5, 0.6) is 0 Å². The molecule has 3 amide bonds. The van der Waals surface area contributed by atoms with E-state index >= 15 is 0 Å². The molecule has 8 heteroatoms. The second kappa shape index (κ2) is 8.63. The van der Waals surface area contributed by atoms with Crippen molar-refractivity contribution in [3.63, 3.8) is 0 Å². The number of rotatable bonds is 5. The molecule has 5 N–H and O–H groups in total. The molecule has 2 aromatic carbocycles. The van der Waals surface area contributed by atoms with Crippen molar-refractivity contribution >= 4 is 29.0 Å². The van der Waals surface area contributed by atoms with Gasteiger partial charge in [-0.3, -0.25) is 4.79 Å². The first kappa shape index (κ1) is 18.8. The number of halogens is 1. The topological polar surface area (TPSA) is 109 Å². The number of carbonyl (C=O) groups is 2. The molecule has 1 aromatic heterocycles. The van der Waals surface area contributed by atoms with Crippen LogP contribution < -0.4 is 21.7 Å². The Labute approximate surface area is 160 Å². The van der Waals surface area contributed by atoms with Gasteiger partial charge in [0.05, 0.1) is 11.4 Å². The first-order valence-electron chi connectivity index (χ1n) is 8.42. The number of benzene rings is 2. The lowest BCUT2D eigenvalue weighted by atomic mass is 10.2. The Morgan fingerprint density at radius 2 is 1.71 bits per heavy atom. The monoisotopic (exact) mass is 379 g/mol. The molecule has 3 rings (SSSR count). The summed E-state index contributed by atoms with van der Waals surface area (Å²) in [6, 6.07) is 15.7. The van der Waals surface area contributed by atoms with Crippen LogP contribution in [0.3, 0.4) is 0 Å². The van der Waals surface area contributed by atoms with Gasteiger partial charge in [0, 0.05) is 24.0 Å². The molecule has 0 spiro atoms. The molecule has 142 valence electrons. The molecule has 0 bridgehead atoms. The molecule has 0 fully saturated rings. The van der Waals surface area contributed by atoms with Gasteiger partial charge in [0.2, 0.25) is 5.95 Å². The van der Waals surface area contributed by atoms with Gasteiger partial charge in [-0.15, -0.1) is 0 Å². The van der Waals surface area contributed by atoms with E-state index < -0.39 is 12.0 Å². The average Bonchev–Trinajstić information content (AvgIpc) is 2.70. The predicted molar refractivity (Wildman–Crippen MR) is 105 cm³/mol. The number of hydrogen-bond acceptors (Lipinski definition) is 4. The number of amides is 3. The standard InChI is InChI=1S/C20H18FN5O2/c21-18-10-5-13(11-23-18)12-24-20(28)25-15-8-6-14(7-9-15)19(27)26-17-4-2-1-3-16(17)22/h1-11H,12,22H2,(H,26,27)(H2,24,25,28). The van der Waals surface area contributed by atoms with Crippen LogP contribution in [0.25, 0.3) is 0 Å². The van der Waals surface area contributed by atoms with Crippen LogP contribution in [0.2, 0.25) is 0 Å². The number of aromatic nitrogens is 1. The summed E-state index contributed by atoms with van der Waals surface area (Å²) in [5.74, 6) is -0.884. The van der Waals surface area contributed by atoms with Crippen molar-refractivity contribution in [2.45, 2.75) is 6.54 Å². The SMILES string of the molecule is Nc1ccccc1NC(=O)c1ccc(NC(=O)NCc2ccc(F)nc2)cc1. The summed E-state index contributed by atoms with van der Waals surface area (Å²) in [7, 11) is 0. The third-order valence-electron chi connectivity index (χ3n) is 3.86. The van der Waals surface area contributed by atoms with Crippen molar-refractivity contribution in [3.8, 4) is 0 Å². The van der Waals surface area contributed by atoms with Gasteiger partial charge in [-0.2, -0.15) is 4.39 Å². The molecule has 0 radical (unpaired) electrons. The lowest BCUT2D eigenvalue weighted by molar-refractivity contribution is 0.102. The summed E-state index contributed by atoms with van der Waals surface area (Å²) in [4.78, 5) is 27.7. The largest absolute Gasteiger partial charge is 0.397 e. The van der Waals surface area contributed by atoms with Gasteiger partial charge in [-0.1, -0.05) is 18.2 Å². The fourth-order valence-corrected chi connectivity index (χ4v) is 2.38. The Hall–Kier alpha value is -3.94. The molecule has 0 aliphatic carbocycles. The van der Waals surface area contributed by atoms with Gasteiger partial charge in [0.1, 0.15) is 0 Å². The second-order valence-corrected chi connectivity index (χ2v) is 5.92. The fourth-order valence-electron chi connectivity index (χ4n) is 2.38. The maximum absolute atomic E-state index is 12.8. The molecule has 0 saturated carbocycles. The number of nitrogen functional groups attached to an aromatic ring is 1. The Morgan fingerprint density at radius 1 is 0.964 bits per heavy atom. The minimum absolute atomic E-state index is 0.206. The molecule has 0 unspecified atom stereocenters. The normalized spacial score (nSPS) is 10.2. The Morgan fingerprint density at radius 3 is 2.39 bits per heavy atom. The number of urea groups is 1. The summed E-state index contributed by atoms with van der Waals surface area (Å²) in [5, 5.41) is 8.02. The highest BCUT2D eigenvalue weighted by Crippen LogP contribution is 2.18. The van der Waals surface area contributed by atoms with Crippen LogP contribution in [-0.4, -0.2) is 16.9 Å². The van der Waals surface area contributed by atoms with Crippen LogP contribution in [0, 0.1) is 5.95 Å². The predicted octanol–water partition coefficient (Wildman–Crippen LogP) is 3.38. The van der Waals surface area contributed by atoms with E-state index in [0.717, 1.165) is 0 Å². The van der Waals surface area contributed by atoms with E-state index in [-0.39, 0.29) is 12.5 Å². The smallest absolute Gasteiger partial charge is 0.319 e. The zero-order valence-electron chi connectivity index (χ0n) is 14.8. The Balaban J connectivity index is 1.53. The van der Waals surface area contributed by atoms with Gasteiger partial charge in [0.25, 0.3) is 5.91 Å². The number of nitrogens with two attached hydrogens (primary N) is 1. The average molecular weight is 379 g/mol. The lowest BCUT2D eigenvalue weighted by Crippen LogP contribution is -2.28. The summed E-state index contributed by atoms with van der Waals surface area (Å²) in [6.45, 7) is 0.206. The molecular weight excluding hydrogens is 361 g/mol. The van der Waals surface area contributed by atoms with Crippen molar-refractivity contribution in [2.75, 3.05) is 16.4 Å². The van der Waals surface area contributed by atoms with Crippen molar-refractivity contribution in [1.29, 1.82) is 0 Å². The van der Waals surface area contributed by atoms with E-state index in [1.807, 2.05) is 0 Å². The van der Waals surface area contributed by atoms with Crippen LogP contribution in [0.15, 0.2) is 66.9 Å². The van der Waals surface area contributed by atoms with E-state index in [9.17, 15) is 14.0 Å². The highest BCUT2D eigenvalue weighted by molar-refractivity contribution is 6.06. The number of nitrogens with zero attached hydrogens (tertiary/aromatic N) is 1. The number of para-hydroxylation sites is 2. The van der Waals surface area contributed by atoms with E-state index in [0.29, 0.717) is 28.2 Å². The lowest BCUT2D eigenvalue weighted by Gasteiger charge is -2.10. The van der Waals surface area contributed by atoms with Crippen molar-refractivity contribution in [2.24, 2.45) is 0 Å². The second-order valence-electron chi connectivity index (χ2n) is 5.92. The number of hydrogen-bond donors (Lipinski definition) is 4. The van der Waals surface area contributed by atoms with Gasteiger partial charge in [0.15, 0.2) is 0 Å². The van der Waals surface area contributed by atoms with Gasteiger partial charge >= 0.3 is 6.03 Å². The highest BCUT2D eigenvalue weighted by atomic mass is 19.1. The number of anilines is 3. The minimum atomic E-state index is -0.577. The summed E-state index contributed by atoms with van der Waals surface area (Å²) in [5.41, 5.74) is 8.43. The number of pyridine rings is 1. The minimum Gasteiger partial charge on any atom is -0.397 e.